The summed E-state index contributed by atoms with van der Waals surface area (Å²) in [5, 5.41) is 9.51. The van der Waals surface area contributed by atoms with E-state index >= 15 is 0 Å². The van der Waals surface area contributed by atoms with Crippen molar-refractivity contribution in [2.45, 2.75) is 25.4 Å². The van der Waals surface area contributed by atoms with E-state index in [0.29, 0.717) is 23.4 Å². The molecule has 0 aliphatic carbocycles. The van der Waals surface area contributed by atoms with Gasteiger partial charge in [-0.3, -0.25) is 9.78 Å². The van der Waals surface area contributed by atoms with Gasteiger partial charge in [0, 0.05) is 24.5 Å². The van der Waals surface area contributed by atoms with Crippen molar-refractivity contribution in [3.8, 4) is 11.3 Å². The highest BCUT2D eigenvalue weighted by atomic mass is 32.1. The van der Waals surface area contributed by atoms with E-state index in [-0.39, 0.29) is 11.9 Å². The second-order valence-corrected chi connectivity index (χ2v) is 8.91. The maximum atomic E-state index is 13.9. The van der Waals surface area contributed by atoms with Gasteiger partial charge in [-0.05, 0) is 65.6 Å². The van der Waals surface area contributed by atoms with E-state index in [2.05, 4.69) is 26.9 Å². The molecule has 5 aromatic rings. The predicted molar refractivity (Wildman–Crippen MR) is 126 cm³/mol. The number of carbonyl (C=O) groups excluding carboxylic acids is 1. The van der Waals surface area contributed by atoms with Crippen LogP contribution in [-0.2, 0) is 6.54 Å². The van der Waals surface area contributed by atoms with Crippen LogP contribution in [0, 0.1) is 0 Å². The first-order valence-electron chi connectivity index (χ1n) is 10.9. The number of aromatic nitrogens is 4. The molecular weight excluding hydrogens is 434 g/mol. The molecule has 1 aliphatic rings. The molecule has 6 heterocycles. The van der Waals surface area contributed by atoms with Crippen molar-refractivity contribution in [1.29, 1.82) is 0 Å². The number of likely N-dealkylation sites (tertiary alicyclic amines) is 1. The van der Waals surface area contributed by atoms with Crippen LogP contribution in [0.1, 0.15) is 40.6 Å². The standard InChI is InChI=1S/C25H21N5O2S/c31-25(29-9-2-6-23(29)18-7-11-33-16-18)20-12-22(17-4-1-8-26-13-17)28-24-21(20)14-27-30(24)15-19-5-3-10-32-19/h1,3-5,7-8,10-14,16,23H,2,6,9,15H2. The molecule has 1 saturated heterocycles. The number of furan rings is 1. The van der Waals surface area contributed by atoms with Crippen molar-refractivity contribution >= 4 is 28.3 Å². The van der Waals surface area contributed by atoms with E-state index in [1.807, 2.05) is 35.2 Å². The smallest absolute Gasteiger partial charge is 0.255 e. The summed E-state index contributed by atoms with van der Waals surface area (Å²) in [7, 11) is 0. The summed E-state index contributed by atoms with van der Waals surface area (Å²) < 4.78 is 7.30. The normalized spacial score (nSPS) is 16.0. The molecule has 8 heteroatoms. The molecule has 0 aromatic carbocycles. The fraction of sp³-hybridized carbons (Fsp3) is 0.200. The topological polar surface area (TPSA) is 77.0 Å². The Morgan fingerprint density at radius 3 is 2.97 bits per heavy atom. The zero-order valence-electron chi connectivity index (χ0n) is 17.8. The van der Waals surface area contributed by atoms with Crippen LogP contribution >= 0.6 is 11.3 Å². The number of hydrogen-bond acceptors (Lipinski definition) is 6. The highest BCUT2D eigenvalue weighted by Crippen LogP contribution is 2.36. The van der Waals surface area contributed by atoms with Gasteiger partial charge in [0.15, 0.2) is 5.65 Å². The van der Waals surface area contributed by atoms with Crippen LogP contribution in [0.2, 0.25) is 0 Å². The van der Waals surface area contributed by atoms with Gasteiger partial charge in [-0.2, -0.15) is 16.4 Å². The predicted octanol–water partition coefficient (Wildman–Crippen LogP) is 5.17. The van der Waals surface area contributed by atoms with Crippen LogP contribution in [-0.4, -0.2) is 37.1 Å². The van der Waals surface area contributed by atoms with Gasteiger partial charge in [-0.25, -0.2) is 9.67 Å². The lowest BCUT2D eigenvalue weighted by atomic mass is 10.0. The molecule has 1 unspecified atom stereocenters. The average molecular weight is 456 g/mol. The summed E-state index contributed by atoms with van der Waals surface area (Å²) in [6, 6.07) is 11.7. The Morgan fingerprint density at radius 2 is 2.18 bits per heavy atom. The third kappa shape index (κ3) is 3.62. The fourth-order valence-electron chi connectivity index (χ4n) is 4.53. The Kier molecular flexibility index (Phi) is 4.99. The number of thiophene rings is 1. The van der Waals surface area contributed by atoms with E-state index in [1.165, 1.54) is 5.56 Å². The summed E-state index contributed by atoms with van der Waals surface area (Å²) in [4.78, 5) is 25.0. The first-order valence-corrected chi connectivity index (χ1v) is 11.8. The summed E-state index contributed by atoms with van der Waals surface area (Å²) >= 11 is 1.67. The molecule has 1 fully saturated rings. The number of pyridine rings is 2. The highest BCUT2D eigenvalue weighted by molar-refractivity contribution is 7.08. The van der Waals surface area contributed by atoms with Crippen LogP contribution in [0.5, 0.6) is 0 Å². The molecule has 5 aromatic heterocycles. The van der Waals surface area contributed by atoms with Gasteiger partial charge in [0.05, 0.1) is 35.1 Å². The van der Waals surface area contributed by atoms with E-state index in [9.17, 15) is 4.79 Å². The molecule has 7 nitrogen and oxygen atoms in total. The molecule has 0 N–H and O–H groups in total. The first-order chi connectivity index (χ1) is 16.3. The van der Waals surface area contributed by atoms with Crippen molar-refractivity contribution in [3.63, 3.8) is 0 Å². The highest BCUT2D eigenvalue weighted by Gasteiger charge is 2.32. The van der Waals surface area contributed by atoms with Crippen molar-refractivity contribution in [3.05, 3.63) is 88.9 Å². The maximum Gasteiger partial charge on any atom is 0.255 e. The minimum Gasteiger partial charge on any atom is -0.467 e. The van der Waals surface area contributed by atoms with Crippen molar-refractivity contribution in [1.82, 2.24) is 24.6 Å². The van der Waals surface area contributed by atoms with Gasteiger partial charge in [-0.1, -0.05) is 0 Å². The van der Waals surface area contributed by atoms with Gasteiger partial charge in [0.2, 0.25) is 0 Å². The van der Waals surface area contributed by atoms with Crippen LogP contribution in [0.25, 0.3) is 22.3 Å². The zero-order valence-corrected chi connectivity index (χ0v) is 18.6. The van der Waals surface area contributed by atoms with Gasteiger partial charge in [0.1, 0.15) is 12.3 Å². The largest absolute Gasteiger partial charge is 0.467 e. The molecular formula is C25H21N5O2S. The molecule has 0 spiro atoms. The van der Waals surface area contributed by atoms with Crippen molar-refractivity contribution < 1.29 is 9.21 Å². The Bertz CT molecular complexity index is 1390. The Hall–Kier alpha value is -3.78. The van der Waals surface area contributed by atoms with E-state index < -0.39 is 0 Å². The molecule has 1 atom stereocenters. The number of fused-ring (bicyclic) bond motifs is 1. The number of carbonyl (C=O) groups is 1. The lowest BCUT2D eigenvalue weighted by Gasteiger charge is -2.25. The maximum absolute atomic E-state index is 13.9. The fourth-order valence-corrected chi connectivity index (χ4v) is 5.24. The number of rotatable bonds is 5. The van der Waals surface area contributed by atoms with E-state index in [1.54, 1.807) is 40.9 Å². The van der Waals surface area contributed by atoms with Crippen LogP contribution in [0.15, 0.2) is 76.4 Å². The number of nitrogens with zero attached hydrogens (tertiary/aromatic N) is 5. The molecule has 6 rings (SSSR count). The second-order valence-electron chi connectivity index (χ2n) is 8.13. The molecule has 0 saturated carbocycles. The number of hydrogen-bond donors (Lipinski definition) is 0. The van der Waals surface area contributed by atoms with E-state index in [4.69, 9.17) is 9.40 Å². The Morgan fingerprint density at radius 1 is 1.21 bits per heavy atom. The molecule has 0 bridgehead atoms. The summed E-state index contributed by atoms with van der Waals surface area (Å²) in [5.41, 5.74) is 4.03. The third-order valence-corrected chi connectivity index (χ3v) is 6.83. The molecule has 0 radical (unpaired) electrons. The van der Waals surface area contributed by atoms with Crippen LogP contribution < -0.4 is 0 Å². The van der Waals surface area contributed by atoms with Crippen LogP contribution in [0.3, 0.4) is 0 Å². The minimum absolute atomic E-state index is 0.0128. The molecule has 1 amide bonds. The van der Waals surface area contributed by atoms with Crippen LogP contribution in [0.4, 0.5) is 0 Å². The molecule has 1 aliphatic heterocycles. The average Bonchev–Trinajstić information content (AvgIpc) is 3.66. The third-order valence-electron chi connectivity index (χ3n) is 6.12. The Balaban J connectivity index is 1.47. The number of amides is 1. The summed E-state index contributed by atoms with van der Waals surface area (Å²) in [6.07, 6.45) is 8.84. The zero-order chi connectivity index (χ0) is 22.2. The molecule has 164 valence electrons. The van der Waals surface area contributed by atoms with Crippen molar-refractivity contribution in [2.24, 2.45) is 0 Å². The van der Waals surface area contributed by atoms with Gasteiger partial charge in [0.25, 0.3) is 5.91 Å². The van der Waals surface area contributed by atoms with Gasteiger partial charge < -0.3 is 9.32 Å². The minimum atomic E-state index is 0.0128. The summed E-state index contributed by atoms with van der Waals surface area (Å²) in [6.45, 7) is 1.18. The molecule has 33 heavy (non-hydrogen) atoms. The quantitative estimate of drug-likeness (QED) is 0.365. The van der Waals surface area contributed by atoms with E-state index in [0.717, 1.165) is 36.1 Å². The Labute approximate surface area is 194 Å². The lowest BCUT2D eigenvalue weighted by molar-refractivity contribution is 0.0738. The SMILES string of the molecule is O=C(c1cc(-c2cccnc2)nc2c1cnn2Cc1ccco1)N1CCCC1c1ccsc1. The van der Waals surface area contributed by atoms with Gasteiger partial charge in [-0.15, -0.1) is 0 Å². The second kappa shape index (κ2) is 8.29. The summed E-state index contributed by atoms with van der Waals surface area (Å²) in [5.74, 6) is 0.789. The first kappa shape index (κ1) is 19.9. The van der Waals surface area contributed by atoms with Gasteiger partial charge >= 0.3 is 0 Å². The monoisotopic (exact) mass is 455 g/mol. The lowest BCUT2D eigenvalue weighted by Crippen LogP contribution is -2.30. The van der Waals surface area contributed by atoms with Crippen molar-refractivity contribution in [2.75, 3.05) is 6.54 Å².